The Bertz CT molecular complexity index is 934. The molecule has 0 saturated carbocycles. The van der Waals surface area contributed by atoms with Crippen molar-refractivity contribution < 1.29 is 4.79 Å². The van der Waals surface area contributed by atoms with Crippen LogP contribution >= 0.6 is 0 Å². The lowest BCUT2D eigenvalue weighted by molar-refractivity contribution is 0.0674. The number of amides is 1. The van der Waals surface area contributed by atoms with Crippen LogP contribution in [-0.4, -0.2) is 46.3 Å². The Morgan fingerprint density at radius 1 is 1.11 bits per heavy atom. The lowest BCUT2D eigenvalue weighted by atomic mass is 10.1. The first kappa shape index (κ1) is 18.3. The molecule has 0 bridgehead atoms. The standard InChI is InChI=1S/C23H26N4O/c1-18-7-9-22(10-8-18)25-13-14-27(19(2)16-25)23(28)21-6-3-5-20(15-21)17-26-12-4-11-24-26/h3-12,15,19H,13-14,16-17H2,1-2H3/t19-/m0/s1. The fourth-order valence-electron chi connectivity index (χ4n) is 3.80. The largest absolute Gasteiger partial charge is 0.368 e. The predicted molar refractivity (Wildman–Crippen MR) is 112 cm³/mol. The van der Waals surface area contributed by atoms with Gasteiger partial charge in [0.15, 0.2) is 0 Å². The predicted octanol–water partition coefficient (Wildman–Crippen LogP) is 3.59. The summed E-state index contributed by atoms with van der Waals surface area (Å²) >= 11 is 0. The molecule has 4 rings (SSSR count). The summed E-state index contributed by atoms with van der Waals surface area (Å²) in [6.07, 6.45) is 3.70. The number of hydrogen-bond donors (Lipinski definition) is 0. The number of carbonyl (C=O) groups excluding carboxylic acids is 1. The van der Waals surface area contributed by atoms with Crippen LogP contribution in [0.25, 0.3) is 0 Å². The molecular weight excluding hydrogens is 348 g/mol. The zero-order valence-corrected chi connectivity index (χ0v) is 16.5. The SMILES string of the molecule is Cc1ccc(N2CCN(C(=O)c3cccc(Cn4cccn4)c3)[C@@H](C)C2)cc1. The number of benzene rings is 2. The molecule has 1 aliphatic heterocycles. The van der Waals surface area contributed by atoms with Gasteiger partial charge in [-0.1, -0.05) is 29.8 Å². The van der Waals surface area contributed by atoms with Gasteiger partial charge >= 0.3 is 0 Å². The van der Waals surface area contributed by atoms with Crippen LogP contribution in [0.2, 0.25) is 0 Å². The molecule has 0 radical (unpaired) electrons. The molecule has 1 aromatic heterocycles. The van der Waals surface area contributed by atoms with Crippen LogP contribution in [-0.2, 0) is 6.54 Å². The van der Waals surface area contributed by atoms with Gasteiger partial charge in [0.1, 0.15) is 0 Å². The first-order valence-electron chi connectivity index (χ1n) is 9.79. The normalized spacial score (nSPS) is 17.0. The molecule has 2 aromatic carbocycles. The van der Waals surface area contributed by atoms with Crippen molar-refractivity contribution in [2.24, 2.45) is 0 Å². The molecule has 1 atom stereocenters. The molecule has 144 valence electrons. The summed E-state index contributed by atoms with van der Waals surface area (Å²) in [5, 5.41) is 4.25. The minimum atomic E-state index is 0.110. The average Bonchev–Trinajstić information content (AvgIpc) is 3.21. The van der Waals surface area contributed by atoms with Crippen LogP contribution in [0, 0.1) is 6.92 Å². The molecule has 3 aromatic rings. The van der Waals surface area contributed by atoms with E-state index in [9.17, 15) is 4.79 Å². The second-order valence-electron chi connectivity index (χ2n) is 7.53. The van der Waals surface area contributed by atoms with Crippen LogP contribution in [0.3, 0.4) is 0 Å². The summed E-state index contributed by atoms with van der Waals surface area (Å²) in [7, 11) is 0. The minimum Gasteiger partial charge on any atom is -0.368 e. The topological polar surface area (TPSA) is 41.4 Å². The second-order valence-corrected chi connectivity index (χ2v) is 7.53. The van der Waals surface area contributed by atoms with Gasteiger partial charge in [0.05, 0.1) is 6.54 Å². The monoisotopic (exact) mass is 374 g/mol. The Kier molecular flexibility index (Phi) is 5.15. The minimum absolute atomic E-state index is 0.110. The molecule has 0 spiro atoms. The van der Waals surface area contributed by atoms with Crippen molar-refractivity contribution in [2.75, 3.05) is 24.5 Å². The third kappa shape index (κ3) is 3.93. The smallest absolute Gasteiger partial charge is 0.254 e. The quantitative estimate of drug-likeness (QED) is 0.701. The van der Waals surface area contributed by atoms with Gasteiger partial charge in [0.25, 0.3) is 5.91 Å². The van der Waals surface area contributed by atoms with Crippen molar-refractivity contribution in [3.63, 3.8) is 0 Å². The molecule has 28 heavy (non-hydrogen) atoms. The van der Waals surface area contributed by atoms with Gasteiger partial charge in [0, 0.05) is 49.3 Å². The molecule has 1 saturated heterocycles. The Morgan fingerprint density at radius 2 is 1.93 bits per heavy atom. The van der Waals surface area contributed by atoms with Crippen molar-refractivity contribution in [1.82, 2.24) is 14.7 Å². The van der Waals surface area contributed by atoms with Crippen molar-refractivity contribution in [3.8, 4) is 0 Å². The number of aryl methyl sites for hydroxylation is 1. The van der Waals surface area contributed by atoms with Crippen molar-refractivity contribution >= 4 is 11.6 Å². The first-order valence-corrected chi connectivity index (χ1v) is 9.79. The maximum atomic E-state index is 13.1. The molecule has 5 heteroatoms. The van der Waals surface area contributed by atoms with Gasteiger partial charge in [-0.3, -0.25) is 9.48 Å². The Hall–Kier alpha value is -3.08. The van der Waals surface area contributed by atoms with Crippen LogP contribution in [0.4, 0.5) is 5.69 Å². The van der Waals surface area contributed by atoms with Crippen LogP contribution < -0.4 is 4.90 Å². The second kappa shape index (κ2) is 7.89. The molecule has 0 N–H and O–H groups in total. The number of rotatable bonds is 4. The van der Waals surface area contributed by atoms with Crippen molar-refractivity contribution in [1.29, 1.82) is 0 Å². The Balaban J connectivity index is 1.44. The summed E-state index contributed by atoms with van der Waals surface area (Å²) in [5.74, 6) is 0.110. The zero-order valence-electron chi connectivity index (χ0n) is 16.5. The molecule has 5 nitrogen and oxygen atoms in total. The first-order chi connectivity index (χ1) is 13.6. The van der Waals surface area contributed by atoms with Gasteiger partial charge in [-0.05, 0) is 49.7 Å². The van der Waals surface area contributed by atoms with E-state index in [1.54, 1.807) is 6.20 Å². The highest BCUT2D eigenvalue weighted by Crippen LogP contribution is 2.21. The summed E-state index contributed by atoms with van der Waals surface area (Å²) < 4.78 is 1.87. The number of carbonyl (C=O) groups is 1. The highest BCUT2D eigenvalue weighted by molar-refractivity contribution is 5.94. The summed E-state index contributed by atoms with van der Waals surface area (Å²) in [6, 6.07) is 18.6. The number of aromatic nitrogens is 2. The van der Waals surface area contributed by atoms with E-state index in [2.05, 4.69) is 48.1 Å². The number of anilines is 1. The van der Waals surface area contributed by atoms with Gasteiger partial charge in [-0.15, -0.1) is 0 Å². The van der Waals surface area contributed by atoms with E-state index in [4.69, 9.17) is 0 Å². The summed E-state index contributed by atoms with van der Waals surface area (Å²) in [6.45, 7) is 7.34. The maximum absolute atomic E-state index is 13.1. The number of nitrogens with zero attached hydrogens (tertiary/aromatic N) is 4. The van der Waals surface area contributed by atoms with E-state index in [0.29, 0.717) is 6.54 Å². The highest BCUT2D eigenvalue weighted by Gasteiger charge is 2.28. The molecule has 0 aliphatic carbocycles. The summed E-state index contributed by atoms with van der Waals surface area (Å²) in [5.41, 5.74) is 4.33. The van der Waals surface area contributed by atoms with Gasteiger partial charge in [-0.25, -0.2) is 0 Å². The van der Waals surface area contributed by atoms with Crippen LogP contribution in [0.15, 0.2) is 67.0 Å². The van der Waals surface area contributed by atoms with E-state index >= 15 is 0 Å². The lowest BCUT2D eigenvalue weighted by Gasteiger charge is -2.41. The van der Waals surface area contributed by atoms with Gasteiger partial charge in [0.2, 0.25) is 0 Å². The molecule has 1 amide bonds. The number of hydrogen-bond acceptors (Lipinski definition) is 3. The molecular formula is C23H26N4O. The van der Waals surface area contributed by atoms with Gasteiger partial charge in [-0.2, -0.15) is 5.10 Å². The Morgan fingerprint density at radius 3 is 2.64 bits per heavy atom. The zero-order chi connectivity index (χ0) is 19.5. The van der Waals surface area contributed by atoms with E-state index in [0.717, 1.165) is 30.8 Å². The molecule has 0 unspecified atom stereocenters. The maximum Gasteiger partial charge on any atom is 0.254 e. The fourth-order valence-corrected chi connectivity index (χ4v) is 3.80. The van der Waals surface area contributed by atoms with E-state index in [-0.39, 0.29) is 11.9 Å². The van der Waals surface area contributed by atoms with Crippen LogP contribution in [0.5, 0.6) is 0 Å². The van der Waals surface area contributed by atoms with E-state index < -0.39 is 0 Å². The third-order valence-corrected chi connectivity index (χ3v) is 5.37. The molecule has 1 aliphatic rings. The Labute approximate surface area is 166 Å². The highest BCUT2D eigenvalue weighted by atomic mass is 16.2. The molecule has 1 fully saturated rings. The lowest BCUT2D eigenvalue weighted by Crippen LogP contribution is -2.54. The molecule has 2 heterocycles. The number of piperazine rings is 1. The fraction of sp³-hybridized carbons (Fsp3) is 0.304. The van der Waals surface area contributed by atoms with E-state index in [1.807, 2.05) is 46.1 Å². The average molecular weight is 374 g/mol. The third-order valence-electron chi connectivity index (χ3n) is 5.37. The summed E-state index contributed by atoms with van der Waals surface area (Å²) in [4.78, 5) is 17.5. The van der Waals surface area contributed by atoms with Crippen molar-refractivity contribution in [3.05, 3.63) is 83.7 Å². The van der Waals surface area contributed by atoms with E-state index in [1.165, 1.54) is 11.3 Å². The van der Waals surface area contributed by atoms with Crippen LogP contribution in [0.1, 0.15) is 28.4 Å². The van der Waals surface area contributed by atoms with Crippen molar-refractivity contribution in [2.45, 2.75) is 26.4 Å². The van der Waals surface area contributed by atoms with Gasteiger partial charge < -0.3 is 9.80 Å².